The lowest BCUT2D eigenvalue weighted by Crippen LogP contribution is -2.58. The Morgan fingerprint density at radius 1 is 1.43 bits per heavy atom. The van der Waals surface area contributed by atoms with Crippen molar-refractivity contribution in [1.82, 2.24) is 14.9 Å². The number of pyridine rings is 1. The summed E-state index contributed by atoms with van der Waals surface area (Å²) in [5.41, 5.74) is 3.05. The van der Waals surface area contributed by atoms with E-state index in [9.17, 15) is 4.39 Å². The van der Waals surface area contributed by atoms with Crippen LogP contribution in [0.15, 0.2) is 23.8 Å². The molecule has 4 rings (SSSR count). The Labute approximate surface area is 143 Å². The number of thiazole rings is 1. The molecule has 0 radical (unpaired) electrons. The van der Waals surface area contributed by atoms with Gasteiger partial charge in [0.2, 0.25) is 0 Å². The predicted octanol–water partition coefficient (Wildman–Crippen LogP) is 3.12. The largest absolute Gasteiger partial charge is 0.471 e. The van der Waals surface area contributed by atoms with Crippen molar-refractivity contribution < 1.29 is 9.13 Å². The van der Waals surface area contributed by atoms with Gasteiger partial charge >= 0.3 is 0 Å². The van der Waals surface area contributed by atoms with E-state index in [0.29, 0.717) is 0 Å². The minimum absolute atomic E-state index is 0.0525. The van der Waals surface area contributed by atoms with Crippen LogP contribution in [0.3, 0.4) is 0 Å². The van der Waals surface area contributed by atoms with Crippen molar-refractivity contribution in [3.8, 4) is 5.88 Å². The molecule has 2 aliphatic rings. The third-order valence-corrected chi connectivity index (χ3v) is 6.91. The Balaban J connectivity index is 1.31. The van der Waals surface area contributed by atoms with E-state index in [4.69, 9.17) is 4.74 Å². The number of aromatic nitrogens is 2. The van der Waals surface area contributed by atoms with Crippen LogP contribution in [0.1, 0.15) is 17.0 Å². The summed E-state index contributed by atoms with van der Waals surface area (Å²) in [6.07, 6.45) is 2.58. The zero-order valence-electron chi connectivity index (χ0n) is 12.9. The summed E-state index contributed by atoms with van der Waals surface area (Å²) in [5.74, 6) is 0.657. The van der Waals surface area contributed by atoms with Gasteiger partial charge in [0.25, 0.3) is 5.88 Å². The van der Waals surface area contributed by atoms with Gasteiger partial charge in [0, 0.05) is 47.6 Å². The number of halogens is 1. The van der Waals surface area contributed by atoms with Gasteiger partial charge in [-0.25, -0.2) is 14.4 Å². The normalized spacial score (nSPS) is 23.1. The summed E-state index contributed by atoms with van der Waals surface area (Å²) in [6.45, 7) is 5.19. The first kappa shape index (κ1) is 15.4. The number of nitrogens with zero attached hydrogens (tertiary/aromatic N) is 3. The average Bonchev–Trinajstić information content (AvgIpc) is 3.09. The fraction of sp³-hybridized carbons (Fsp3) is 0.500. The maximum atomic E-state index is 13.6. The van der Waals surface area contributed by atoms with Crippen LogP contribution in [0, 0.1) is 12.7 Å². The maximum Gasteiger partial charge on any atom is 0.250 e. The molecule has 2 aliphatic heterocycles. The van der Waals surface area contributed by atoms with Crippen LogP contribution >= 0.6 is 23.1 Å². The Bertz CT molecular complexity index is 702. The molecule has 23 heavy (non-hydrogen) atoms. The van der Waals surface area contributed by atoms with Crippen molar-refractivity contribution in [1.29, 1.82) is 0 Å². The molecule has 4 nitrogen and oxygen atoms in total. The van der Waals surface area contributed by atoms with E-state index in [-0.39, 0.29) is 22.5 Å². The minimum Gasteiger partial charge on any atom is -0.471 e. The van der Waals surface area contributed by atoms with Crippen molar-refractivity contribution in [3.05, 3.63) is 40.2 Å². The summed E-state index contributed by atoms with van der Waals surface area (Å²) >= 11 is 3.68. The van der Waals surface area contributed by atoms with Crippen molar-refractivity contribution in [3.63, 3.8) is 0 Å². The highest BCUT2D eigenvalue weighted by Crippen LogP contribution is 2.46. The van der Waals surface area contributed by atoms with Gasteiger partial charge in [-0.2, -0.15) is 0 Å². The van der Waals surface area contributed by atoms with Crippen LogP contribution in [0.5, 0.6) is 5.88 Å². The van der Waals surface area contributed by atoms with Gasteiger partial charge in [0.1, 0.15) is 6.10 Å². The van der Waals surface area contributed by atoms with Crippen LogP contribution in [0.4, 0.5) is 4.39 Å². The van der Waals surface area contributed by atoms with Gasteiger partial charge in [0.05, 0.1) is 11.2 Å². The van der Waals surface area contributed by atoms with E-state index in [1.54, 1.807) is 23.6 Å². The van der Waals surface area contributed by atoms with Gasteiger partial charge in [-0.05, 0) is 19.1 Å². The standard InChI is InChI=1S/C16H18FN3OS2/c1-11-14(22-10-19-11)6-20-8-16(9-20)5-12(7-23-16)21-15-13(17)3-2-4-18-15/h2-4,10,12H,5-9H2,1H3/t12-/m1/s1. The molecule has 0 bridgehead atoms. The minimum atomic E-state index is -0.380. The number of aryl methyl sites for hydroxylation is 1. The Hall–Kier alpha value is -1.18. The number of hydrogen-bond donors (Lipinski definition) is 0. The second-order valence-corrected chi connectivity index (χ2v) is 8.66. The van der Waals surface area contributed by atoms with Gasteiger partial charge in [-0.3, -0.25) is 4.90 Å². The molecule has 0 saturated carbocycles. The first-order valence-corrected chi connectivity index (χ1v) is 9.53. The van der Waals surface area contributed by atoms with Crippen LogP contribution in [-0.4, -0.2) is 44.6 Å². The van der Waals surface area contributed by atoms with E-state index in [2.05, 4.69) is 21.8 Å². The maximum absolute atomic E-state index is 13.6. The zero-order valence-corrected chi connectivity index (χ0v) is 14.5. The SMILES string of the molecule is Cc1ncsc1CN1CC2(C[C@@H](Oc3ncccc3F)CS2)C1. The van der Waals surface area contributed by atoms with Crippen LogP contribution in [0.25, 0.3) is 0 Å². The third-order valence-electron chi connectivity index (χ3n) is 4.41. The van der Waals surface area contributed by atoms with E-state index < -0.39 is 0 Å². The van der Waals surface area contributed by atoms with Crippen molar-refractivity contribution in [2.75, 3.05) is 18.8 Å². The smallest absolute Gasteiger partial charge is 0.250 e. The molecule has 122 valence electrons. The highest BCUT2D eigenvalue weighted by molar-refractivity contribution is 8.01. The van der Waals surface area contributed by atoms with Gasteiger partial charge in [-0.1, -0.05) is 0 Å². The summed E-state index contributed by atoms with van der Waals surface area (Å²) in [4.78, 5) is 12.1. The Morgan fingerprint density at radius 3 is 3.04 bits per heavy atom. The lowest BCUT2D eigenvalue weighted by molar-refractivity contribution is 0.0902. The molecule has 2 aromatic heterocycles. The molecule has 2 aromatic rings. The number of hydrogen-bond acceptors (Lipinski definition) is 6. The van der Waals surface area contributed by atoms with E-state index >= 15 is 0 Å². The third kappa shape index (κ3) is 3.09. The van der Waals surface area contributed by atoms with E-state index in [0.717, 1.165) is 37.5 Å². The number of likely N-dealkylation sites (tertiary alicyclic amines) is 1. The van der Waals surface area contributed by atoms with Gasteiger partial charge in [0.15, 0.2) is 5.82 Å². The van der Waals surface area contributed by atoms with Crippen molar-refractivity contribution >= 4 is 23.1 Å². The number of ether oxygens (including phenoxy) is 1. The molecule has 0 aliphatic carbocycles. The molecule has 7 heteroatoms. The molecule has 1 spiro atoms. The summed E-state index contributed by atoms with van der Waals surface area (Å²) in [5, 5.41) is 0. The molecule has 0 aromatic carbocycles. The van der Waals surface area contributed by atoms with Crippen molar-refractivity contribution in [2.24, 2.45) is 0 Å². The summed E-state index contributed by atoms with van der Waals surface area (Å²) in [7, 11) is 0. The molecule has 0 amide bonds. The number of thioether (sulfide) groups is 1. The predicted molar refractivity (Wildman–Crippen MR) is 90.5 cm³/mol. The summed E-state index contributed by atoms with van der Waals surface area (Å²) < 4.78 is 19.7. The molecule has 2 saturated heterocycles. The first-order chi connectivity index (χ1) is 11.1. The number of rotatable bonds is 4. The monoisotopic (exact) mass is 351 g/mol. The molecule has 4 heterocycles. The Morgan fingerprint density at radius 2 is 2.30 bits per heavy atom. The second-order valence-electron chi connectivity index (χ2n) is 6.23. The molecule has 1 atom stereocenters. The average molecular weight is 351 g/mol. The topological polar surface area (TPSA) is 38.2 Å². The lowest BCUT2D eigenvalue weighted by Gasteiger charge is -2.47. The highest BCUT2D eigenvalue weighted by atomic mass is 32.2. The quantitative estimate of drug-likeness (QED) is 0.846. The van der Waals surface area contributed by atoms with Gasteiger partial charge in [-0.15, -0.1) is 23.1 Å². The van der Waals surface area contributed by atoms with E-state index in [1.165, 1.54) is 10.9 Å². The second kappa shape index (κ2) is 6.03. The Kier molecular flexibility index (Phi) is 4.03. The molecule has 0 N–H and O–H groups in total. The fourth-order valence-corrected chi connectivity index (χ4v) is 5.67. The van der Waals surface area contributed by atoms with Crippen LogP contribution < -0.4 is 4.74 Å². The summed E-state index contributed by atoms with van der Waals surface area (Å²) in [6, 6.07) is 2.97. The van der Waals surface area contributed by atoms with E-state index in [1.807, 2.05) is 17.3 Å². The van der Waals surface area contributed by atoms with Crippen LogP contribution in [-0.2, 0) is 6.54 Å². The molecule has 2 fully saturated rings. The van der Waals surface area contributed by atoms with Gasteiger partial charge < -0.3 is 4.74 Å². The van der Waals surface area contributed by atoms with Crippen LogP contribution in [0.2, 0.25) is 0 Å². The highest BCUT2D eigenvalue weighted by Gasteiger charge is 2.49. The fourth-order valence-electron chi connectivity index (χ4n) is 3.28. The first-order valence-electron chi connectivity index (χ1n) is 7.66. The zero-order chi connectivity index (χ0) is 15.9. The lowest BCUT2D eigenvalue weighted by atomic mass is 9.93. The molecular formula is C16H18FN3OS2. The molecule has 0 unspecified atom stereocenters. The van der Waals surface area contributed by atoms with Crippen molar-refractivity contribution in [2.45, 2.75) is 30.7 Å². The molecular weight excluding hydrogens is 333 g/mol.